The van der Waals surface area contributed by atoms with E-state index in [9.17, 15) is 4.79 Å². The van der Waals surface area contributed by atoms with Gasteiger partial charge in [0.15, 0.2) is 0 Å². The van der Waals surface area contributed by atoms with E-state index in [0.29, 0.717) is 12.5 Å². The molecular weight excluding hydrogens is 276 g/mol. The van der Waals surface area contributed by atoms with E-state index in [1.165, 1.54) is 5.56 Å². The molecule has 22 heavy (non-hydrogen) atoms. The van der Waals surface area contributed by atoms with E-state index in [-0.39, 0.29) is 17.2 Å². The van der Waals surface area contributed by atoms with Gasteiger partial charge in [0.05, 0.1) is 5.41 Å². The highest BCUT2D eigenvalue weighted by molar-refractivity contribution is 5.87. The summed E-state index contributed by atoms with van der Waals surface area (Å²) >= 11 is 0. The van der Waals surface area contributed by atoms with Gasteiger partial charge in [-0.3, -0.25) is 4.79 Å². The summed E-state index contributed by atoms with van der Waals surface area (Å²) in [7, 11) is 0. The number of benzene rings is 1. The standard InChI is InChI=1S/C17H18N4O/c22-15-17(7-10-18-15)12-21(16-19-8-4-9-20-16)11-14(17)13-5-2-1-3-6-13/h1-6,8-9,14H,7,10-12H2,(H,18,22)/t14-,17+/m0/s1. The Kier molecular flexibility index (Phi) is 3.06. The molecule has 2 aliphatic heterocycles. The van der Waals surface area contributed by atoms with Crippen LogP contribution in [0.4, 0.5) is 5.95 Å². The van der Waals surface area contributed by atoms with Crippen LogP contribution in [0.15, 0.2) is 48.8 Å². The van der Waals surface area contributed by atoms with E-state index >= 15 is 0 Å². The van der Waals surface area contributed by atoms with Crippen LogP contribution in [0.3, 0.4) is 0 Å². The number of hydrogen-bond acceptors (Lipinski definition) is 4. The number of anilines is 1. The summed E-state index contributed by atoms with van der Waals surface area (Å²) in [5, 5.41) is 3.02. The minimum absolute atomic E-state index is 0.166. The van der Waals surface area contributed by atoms with E-state index in [2.05, 4.69) is 32.3 Å². The van der Waals surface area contributed by atoms with Crippen molar-refractivity contribution in [2.75, 3.05) is 24.5 Å². The highest BCUT2D eigenvalue weighted by atomic mass is 16.2. The van der Waals surface area contributed by atoms with E-state index < -0.39 is 0 Å². The van der Waals surface area contributed by atoms with Crippen molar-refractivity contribution in [1.82, 2.24) is 15.3 Å². The minimum atomic E-state index is -0.361. The molecule has 1 amide bonds. The third-order valence-corrected chi connectivity index (χ3v) is 4.89. The summed E-state index contributed by atoms with van der Waals surface area (Å²) in [5.41, 5.74) is 0.860. The normalized spacial score (nSPS) is 27.4. The Hall–Kier alpha value is -2.43. The third kappa shape index (κ3) is 1.96. The largest absolute Gasteiger partial charge is 0.356 e. The van der Waals surface area contributed by atoms with Crippen molar-refractivity contribution in [2.45, 2.75) is 12.3 Å². The predicted molar refractivity (Wildman–Crippen MR) is 83.5 cm³/mol. The maximum absolute atomic E-state index is 12.6. The number of carbonyl (C=O) groups excluding carboxylic acids is 1. The minimum Gasteiger partial charge on any atom is -0.356 e. The van der Waals surface area contributed by atoms with Gasteiger partial charge in [-0.05, 0) is 18.1 Å². The summed E-state index contributed by atoms with van der Waals surface area (Å²) in [6, 6.07) is 12.1. The molecule has 1 N–H and O–H groups in total. The van der Waals surface area contributed by atoms with Gasteiger partial charge >= 0.3 is 0 Å². The van der Waals surface area contributed by atoms with Gasteiger partial charge in [0.1, 0.15) is 0 Å². The Labute approximate surface area is 129 Å². The molecule has 0 radical (unpaired) electrons. The molecule has 5 nitrogen and oxygen atoms in total. The number of carbonyl (C=O) groups is 1. The Bertz CT molecular complexity index is 676. The SMILES string of the molecule is O=C1NCC[C@]12CN(c1ncccn1)C[C@H]2c1ccccc1. The molecule has 4 rings (SSSR count). The summed E-state index contributed by atoms with van der Waals surface area (Å²) in [4.78, 5) is 23.4. The van der Waals surface area contributed by atoms with Gasteiger partial charge in [-0.15, -0.1) is 0 Å². The quantitative estimate of drug-likeness (QED) is 0.914. The van der Waals surface area contributed by atoms with Crippen molar-refractivity contribution in [1.29, 1.82) is 0 Å². The molecule has 2 fully saturated rings. The Morgan fingerprint density at radius 3 is 2.59 bits per heavy atom. The molecule has 2 atom stereocenters. The van der Waals surface area contributed by atoms with Gasteiger partial charge in [-0.2, -0.15) is 0 Å². The van der Waals surface area contributed by atoms with E-state index in [1.807, 2.05) is 24.3 Å². The highest BCUT2D eigenvalue weighted by Gasteiger charge is 2.55. The van der Waals surface area contributed by atoms with Crippen LogP contribution in [0.5, 0.6) is 0 Å². The molecule has 1 spiro atoms. The van der Waals surface area contributed by atoms with Gasteiger partial charge in [-0.1, -0.05) is 30.3 Å². The van der Waals surface area contributed by atoms with Gasteiger partial charge in [0, 0.05) is 37.9 Å². The zero-order valence-electron chi connectivity index (χ0n) is 12.3. The second-order valence-corrected chi connectivity index (χ2v) is 6.05. The van der Waals surface area contributed by atoms with Gasteiger partial charge in [-0.25, -0.2) is 9.97 Å². The average molecular weight is 294 g/mol. The second-order valence-electron chi connectivity index (χ2n) is 6.05. The van der Waals surface area contributed by atoms with Crippen LogP contribution in [0.2, 0.25) is 0 Å². The number of rotatable bonds is 2. The molecule has 3 heterocycles. The van der Waals surface area contributed by atoms with Gasteiger partial charge in [0.2, 0.25) is 11.9 Å². The number of aromatic nitrogens is 2. The van der Waals surface area contributed by atoms with Gasteiger partial charge < -0.3 is 10.2 Å². The third-order valence-electron chi connectivity index (χ3n) is 4.89. The lowest BCUT2D eigenvalue weighted by Gasteiger charge is -2.27. The topological polar surface area (TPSA) is 58.1 Å². The second kappa shape index (κ2) is 5.09. The fourth-order valence-electron chi connectivity index (χ4n) is 3.80. The summed E-state index contributed by atoms with van der Waals surface area (Å²) < 4.78 is 0. The van der Waals surface area contributed by atoms with Crippen molar-refractivity contribution in [3.63, 3.8) is 0 Å². The lowest BCUT2D eigenvalue weighted by Crippen LogP contribution is -2.37. The smallest absolute Gasteiger partial charge is 0.228 e. The molecule has 0 bridgehead atoms. The first kappa shape index (κ1) is 13.2. The Morgan fingerprint density at radius 1 is 1.14 bits per heavy atom. The van der Waals surface area contributed by atoms with Crippen LogP contribution in [-0.4, -0.2) is 35.5 Å². The molecule has 2 saturated heterocycles. The molecule has 112 valence electrons. The lowest BCUT2D eigenvalue weighted by atomic mass is 9.73. The maximum Gasteiger partial charge on any atom is 0.228 e. The molecule has 1 aromatic heterocycles. The summed E-state index contributed by atoms with van der Waals surface area (Å²) in [5.74, 6) is 1.06. The average Bonchev–Trinajstić information content (AvgIpc) is 3.14. The van der Waals surface area contributed by atoms with Crippen LogP contribution >= 0.6 is 0 Å². The van der Waals surface area contributed by atoms with Crippen LogP contribution in [-0.2, 0) is 4.79 Å². The first-order valence-electron chi connectivity index (χ1n) is 7.65. The monoisotopic (exact) mass is 294 g/mol. The van der Waals surface area contributed by atoms with Crippen LogP contribution < -0.4 is 10.2 Å². The molecule has 1 aromatic carbocycles. The van der Waals surface area contributed by atoms with E-state index in [1.54, 1.807) is 12.4 Å². The van der Waals surface area contributed by atoms with Crippen LogP contribution in [0, 0.1) is 5.41 Å². The molecule has 0 saturated carbocycles. The van der Waals surface area contributed by atoms with Crippen molar-refractivity contribution in [3.8, 4) is 0 Å². The molecule has 2 aliphatic rings. The van der Waals surface area contributed by atoms with Crippen molar-refractivity contribution in [2.24, 2.45) is 5.41 Å². The highest BCUT2D eigenvalue weighted by Crippen LogP contribution is 2.48. The van der Waals surface area contributed by atoms with E-state index in [4.69, 9.17) is 0 Å². The van der Waals surface area contributed by atoms with Crippen molar-refractivity contribution < 1.29 is 4.79 Å². The molecule has 0 unspecified atom stereocenters. The van der Waals surface area contributed by atoms with Gasteiger partial charge in [0.25, 0.3) is 0 Å². The Morgan fingerprint density at radius 2 is 1.91 bits per heavy atom. The fourth-order valence-corrected chi connectivity index (χ4v) is 3.80. The first-order chi connectivity index (χ1) is 10.8. The number of amides is 1. The summed E-state index contributed by atoms with van der Waals surface area (Å²) in [6.45, 7) is 2.22. The zero-order chi connectivity index (χ0) is 15.0. The van der Waals surface area contributed by atoms with Crippen LogP contribution in [0.1, 0.15) is 17.9 Å². The summed E-state index contributed by atoms with van der Waals surface area (Å²) in [6.07, 6.45) is 4.37. The van der Waals surface area contributed by atoms with Crippen molar-refractivity contribution in [3.05, 3.63) is 54.4 Å². The van der Waals surface area contributed by atoms with Crippen LogP contribution in [0.25, 0.3) is 0 Å². The number of hydrogen-bond donors (Lipinski definition) is 1. The van der Waals surface area contributed by atoms with E-state index in [0.717, 1.165) is 19.5 Å². The Balaban J connectivity index is 1.74. The number of nitrogens with one attached hydrogen (secondary N) is 1. The lowest BCUT2D eigenvalue weighted by molar-refractivity contribution is -0.127. The first-order valence-corrected chi connectivity index (χ1v) is 7.65. The van der Waals surface area contributed by atoms with Crippen molar-refractivity contribution >= 4 is 11.9 Å². The molecular formula is C17H18N4O. The zero-order valence-corrected chi connectivity index (χ0v) is 12.3. The predicted octanol–water partition coefficient (Wildman–Crippen LogP) is 1.59. The molecule has 0 aliphatic carbocycles. The molecule has 5 heteroatoms. The maximum atomic E-state index is 12.6. The number of nitrogens with zero attached hydrogens (tertiary/aromatic N) is 3. The molecule has 2 aromatic rings. The fraction of sp³-hybridized carbons (Fsp3) is 0.353.